The Labute approximate surface area is 143 Å². The molecule has 3 amide bonds. The van der Waals surface area contributed by atoms with Crippen molar-refractivity contribution in [3.63, 3.8) is 0 Å². The molecule has 1 aliphatic heterocycles. The number of carbonyl (C=O) groups is 2. The van der Waals surface area contributed by atoms with Crippen molar-refractivity contribution >= 4 is 11.9 Å². The Balaban J connectivity index is 1.68. The molecule has 2 N–H and O–H groups in total. The Morgan fingerprint density at radius 1 is 1.08 bits per heavy atom. The molecule has 6 heteroatoms. The Hall–Kier alpha value is -2.52. The van der Waals surface area contributed by atoms with E-state index >= 15 is 0 Å². The van der Waals surface area contributed by atoms with Gasteiger partial charge in [-0.1, -0.05) is 30.0 Å². The van der Waals surface area contributed by atoms with Crippen LogP contribution < -0.4 is 10.6 Å². The van der Waals surface area contributed by atoms with E-state index in [4.69, 9.17) is 0 Å². The van der Waals surface area contributed by atoms with Crippen LogP contribution in [0, 0.1) is 11.8 Å². The third kappa shape index (κ3) is 5.94. The molecule has 1 saturated heterocycles. The van der Waals surface area contributed by atoms with Gasteiger partial charge in [0, 0.05) is 38.3 Å². The predicted molar refractivity (Wildman–Crippen MR) is 93.4 cm³/mol. The number of carbonyl (C=O) groups excluding carboxylic acids is 2. The third-order valence-electron chi connectivity index (χ3n) is 3.74. The second-order valence-corrected chi connectivity index (χ2v) is 5.54. The number of likely N-dealkylation sites (N-methyl/N-ethyl adjacent to an activating group) is 1. The Bertz CT molecular complexity index is 598. The van der Waals surface area contributed by atoms with Crippen LogP contribution in [0.2, 0.25) is 0 Å². The fraction of sp³-hybridized carbons (Fsp3) is 0.444. The molecule has 6 nitrogen and oxygen atoms in total. The van der Waals surface area contributed by atoms with Gasteiger partial charge in [-0.3, -0.25) is 9.69 Å². The zero-order valence-corrected chi connectivity index (χ0v) is 14.0. The minimum absolute atomic E-state index is 0.0339. The van der Waals surface area contributed by atoms with Gasteiger partial charge in [-0.15, -0.1) is 0 Å². The lowest BCUT2D eigenvalue weighted by Gasteiger charge is -2.34. The molecule has 0 radical (unpaired) electrons. The molecule has 0 atom stereocenters. The van der Waals surface area contributed by atoms with Gasteiger partial charge in [-0.05, 0) is 19.1 Å². The first kappa shape index (κ1) is 17.8. The molecule has 1 heterocycles. The number of amides is 3. The van der Waals surface area contributed by atoms with Gasteiger partial charge in [-0.2, -0.15) is 0 Å². The maximum absolute atomic E-state index is 12.1. The standard InChI is InChI=1S/C18H24N4O2/c1-2-19-17(23)15-21-11-13-22(14-12-21)18(24)20-10-6-9-16-7-4-3-5-8-16/h3-5,7-8H,2,10-15H2,1H3,(H,19,23)(H,20,24). The van der Waals surface area contributed by atoms with Crippen LogP contribution in [-0.2, 0) is 4.79 Å². The maximum atomic E-state index is 12.1. The molecule has 1 aliphatic rings. The molecule has 1 aromatic rings. The highest BCUT2D eigenvalue weighted by molar-refractivity contribution is 5.78. The summed E-state index contributed by atoms with van der Waals surface area (Å²) in [5, 5.41) is 5.60. The molecule has 0 saturated carbocycles. The van der Waals surface area contributed by atoms with E-state index in [1.54, 1.807) is 4.90 Å². The maximum Gasteiger partial charge on any atom is 0.318 e. The number of urea groups is 1. The van der Waals surface area contributed by atoms with Crippen molar-refractivity contribution in [3.8, 4) is 11.8 Å². The fourth-order valence-corrected chi connectivity index (χ4v) is 2.46. The number of nitrogens with zero attached hydrogens (tertiary/aromatic N) is 2. The second kappa shape index (κ2) is 9.58. The van der Waals surface area contributed by atoms with E-state index in [0.29, 0.717) is 45.8 Å². The van der Waals surface area contributed by atoms with Gasteiger partial charge in [0.05, 0.1) is 13.1 Å². The van der Waals surface area contributed by atoms with Crippen LogP contribution >= 0.6 is 0 Å². The Kier molecular flexibility index (Phi) is 7.12. The Morgan fingerprint density at radius 2 is 1.79 bits per heavy atom. The molecular formula is C18H24N4O2. The first-order valence-corrected chi connectivity index (χ1v) is 8.24. The summed E-state index contributed by atoms with van der Waals surface area (Å²) < 4.78 is 0. The smallest absolute Gasteiger partial charge is 0.318 e. The van der Waals surface area contributed by atoms with Gasteiger partial charge < -0.3 is 15.5 Å². The average Bonchev–Trinajstić information content (AvgIpc) is 2.60. The van der Waals surface area contributed by atoms with Crippen LogP contribution in [0.5, 0.6) is 0 Å². The van der Waals surface area contributed by atoms with Crippen molar-refractivity contribution in [1.29, 1.82) is 0 Å². The molecule has 1 fully saturated rings. The molecule has 0 spiro atoms. The van der Waals surface area contributed by atoms with E-state index in [1.807, 2.05) is 37.3 Å². The second-order valence-electron chi connectivity index (χ2n) is 5.54. The summed E-state index contributed by atoms with van der Waals surface area (Å²) in [7, 11) is 0. The molecule has 0 aliphatic carbocycles. The van der Waals surface area contributed by atoms with E-state index in [0.717, 1.165) is 5.56 Å². The zero-order valence-electron chi connectivity index (χ0n) is 14.0. The number of hydrogen-bond acceptors (Lipinski definition) is 3. The number of rotatable bonds is 4. The van der Waals surface area contributed by atoms with Crippen molar-refractivity contribution in [1.82, 2.24) is 20.4 Å². The molecule has 128 valence electrons. The largest absolute Gasteiger partial charge is 0.355 e. The van der Waals surface area contributed by atoms with Crippen LogP contribution in [0.15, 0.2) is 30.3 Å². The van der Waals surface area contributed by atoms with Gasteiger partial charge in [-0.25, -0.2) is 4.79 Å². The lowest BCUT2D eigenvalue weighted by atomic mass is 10.2. The lowest BCUT2D eigenvalue weighted by Crippen LogP contribution is -2.53. The predicted octanol–water partition coefficient (Wildman–Crippen LogP) is 0.501. The summed E-state index contributed by atoms with van der Waals surface area (Å²) in [6.07, 6.45) is 0. The molecule has 1 aromatic carbocycles. The summed E-state index contributed by atoms with van der Waals surface area (Å²) in [5.41, 5.74) is 0.936. The summed E-state index contributed by atoms with van der Waals surface area (Å²) in [6.45, 7) is 5.93. The average molecular weight is 328 g/mol. The number of nitrogens with one attached hydrogen (secondary N) is 2. The van der Waals surface area contributed by atoms with Crippen LogP contribution in [0.25, 0.3) is 0 Å². The first-order chi connectivity index (χ1) is 11.7. The zero-order chi connectivity index (χ0) is 17.2. The van der Waals surface area contributed by atoms with Crippen LogP contribution in [0.4, 0.5) is 4.79 Å². The topological polar surface area (TPSA) is 64.7 Å². The molecule has 2 rings (SSSR count). The quantitative estimate of drug-likeness (QED) is 0.791. The fourth-order valence-electron chi connectivity index (χ4n) is 2.46. The SMILES string of the molecule is CCNC(=O)CN1CCN(C(=O)NCC#Cc2ccccc2)CC1. The number of benzene rings is 1. The van der Waals surface area contributed by atoms with Crippen LogP contribution in [0.1, 0.15) is 12.5 Å². The van der Waals surface area contributed by atoms with Crippen LogP contribution in [-0.4, -0.2) is 67.6 Å². The van der Waals surface area contributed by atoms with Gasteiger partial charge in [0.1, 0.15) is 0 Å². The summed E-state index contributed by atoms with van der Waals surface area (Å²) >= 11 is 0. The molecular weight excluding hydrogens is 304 g/mol. The summed E-state index contributed by atoms with van der Waals surface area (Å²) in [5.74, 6) is 5.99. The normalized spacial score (nSPS) is 14.5. The van der Waals surface area contributed by atoms with Crippen molar-refractivity contribution < 1.29 is 9.59 Å². The monoisotopic (exact) mass is 328 g/mol. The molecule has 0 aromatic heterocycles. The summed E-state index contributed by atoms with van der Waals surface area (Å²) in [6, 6.07) is 9.57. The van der Waals surface area contributed by atoms with E-state index < -0.39 is 0 Å². The van der Waals surface area contributed by atoms with Crippen LogP contribution in [0.3, 0.4) is 0 Å². The van der Waals surface area contributed by atoms with E-state index in [1.165, 1.54) is 0 Å². The summed E-state index contributed by atoms with van der Waals surface area (Å²) in [4.78, 5) is 27.5. The molecule has 0 bridgehead atoms. The third-order valence-corrected chi connectivity index (χ3v) is 3.74. The van der Waals surface area contributed by atoms with Crippen molar-refractivity contribution in [2.24, 2.45) is 0 Å². The molecule has 24 heavy (non-hydrogen) atoms. The van der Waals surface area contributed by atoms with Crippen molar-refractivity contribution in [2.45, 2.75) is 6.92 Å². The van der Waals surface area contributed by atoms with E-state index in [2.05, 4.69) is 27.4 Å². The number of hydrogen-bond donors (Lipinski definition) is 2. The van der Waals surface area contributed by atoms with Gasteiger partial charge in [0.15, 0.2) is 0 Å². The van der Waals surface area contributed by atoms with E-state index in [-0.39, 0.29) is 11.9 Å². The molecule has 0 unspecified atom stereocenters. The van der Waals surface area contributed by atoms with Crippen molar-refractivity contribution in [3.05, 3.63) is 35.9 Å². The highest BCUT2D eigenvalue weighted by Gasteiger charge is 2.21. The first-order valence-electron chi connectivity index (χ1n) is 8.24. The minimum Gasteiger partial charge on any atom is -0.355 e. The van der Waals surface area contributed by atoms with Gasteiger partial charge in [0.2, 0.25) is 5.91 Å². The minimum atomic E-state index is -0.102. The highest BCUT2D eigenvalue weighted by Crippen LogP contribution is 2.01. The van der Waals surface area contributed by atoms with Gasteiger partial charge in [0.25, 0.3) is 0 Å². The van der Waals surface area contributed by atoms with Gasteiger partial charge >= 0.3 is 6.03 Å². The highest BCUT2D eigenvalue weighted by atomic mass is 16.2. The van der Waals surface area contributed by atoms with Crippen molar-refractivity contribution in [2.75, 3.05) is 45.8 Å². The number of piperazine rings is 1. The lowest BCUT2D eigenvalue weighted by molar-refractivity contribution is -0.122. The van der Waals surface area contributed by atoms with E-state index in [9.17, 15) is 9.59 Å². The Morgan fingerprint density at radius 3 is 2.46 bits per heavy atom.